The van der Waals surface area contributed by atoms with Crippen molar-refractivity contribution in [3.05, 3.63) is 102 Å². The Morgan fingerprint density at radius 3 is 2.05 bits per heavy atom. The number of aromatic amines is 1. The van der Waals surface area contributed by atoms with Crippen molar-refractivity contribution >= 4 is 11.6 Å². The summed E-state index contributed by atoms with van der Waals surface area (Å²) in [6.07, 6.45) is -0.499. The molecule has 42 heavy (non-hydrogen) atoms. The van der Waals surface area contributed by atoms with Crippen LogP contribution in [0.15, 0.2) is 91.1 Å². The summed E-state index contributed by atoms with van der Waals surface area (Å²) < 4.78 is 39.4. The van der Waals surface area contributed by atoms with Crippen LogP contribution >= 0.6 is 0 Å². The Bertz CT molecular complexity index is 1460. The van der Waals surface area contributed by atoms with Crippen molar-refractivity contribution in [2.45, 2.75) is 30.9 Å². The number of alkyl halides is 3. The van der Waals surface area contributed by atoms with E-state index in [9.17, 15) is 18.0 Å². The Kier molecular flexibility index (Phi) is 7.82. The van der Waals surface area contributed by atoms with Gasteiger partial charge in [-0.1, -0.05) is 67.1 Å². The van der Waals surface area contributed by atoms with Gasteiger partial charge in [0.15, 0.2) is 0 Å². The fourth-order valence-corrected chi connectivity index (χ4v) is 6.60. The number of nitrogens with one attached hydrogen (secondary N) is 2. The Morgan fingerprint density at radius 2 is 1.45 bits per heavy atom. The molecule has 2 aliphatic rings. The number of fused-ring (bicyclic) bond motifs is 3. The lowest BCUT2D eigenvalue weighted by molar-refractivity contribution is -0.141. The molecule has 0 atom stereocenters. The van der Waals surface area contributed by atoms with E-state index < -0.39 is 24.0 Å². The fraction of sp³-hybridized carbons (Fsp3) is 0.324. The molecule has 218 valence electrons. The normalized spacial score (nSPS) is 16.2. The number of benzene rings is 3. The van der Waals surface area contributed by atoms with Crippen molar-refractivity contribution in [1.29, 1.82) is 0 Å². The first-order chi connectivity index (χ1) is 20.3. The van der Waals surface area contributed by atoms with Crippen LogP contribution in [0.3, 0.4) is 0 Å². The third-order valence-electron chi connectivity index (χ3n) is 8.69. The highest BCUT2D eigenvalue weighted by Crippen LogP contribution is 2.51. The molecule has 0 saturated carbocycles. The Morgan fingerprint density at radius 1 is 0.810 bits per heavy atom. The Labute approximate surface area is 244 Å². The molecule has 3 aromatic carbocycles. The molecule has 4 aromatic rings. The van der Waals surface area contributed by atoms with E-state index in [1.807, 2.05) is 60.8 Å². The van der Waals surface area contributed by atoms with Gasteiger partial charge in [0.1, 0.15) is 12.0 Å². The average Bonchev–Trinajstić information content (AvgIpc) is 3.65. The van der Waals surface area contributed by atoms with Crippen LogP contribution in [0.4, 0.5) is 18.9 Å². The van der Waals surface area contributed by atoms with Gasteiger partial charge in [0.2, 0.25) is 5.91 Å². The van der Waals surface area contributed by atoms with E-state index in [-0.39, 0.29) is 0 Å². The summed E-state index contributed by atoms with van der Waals surface area (Å²) in [5.74, 6) is -0.576. The van der Waals surface area contributed by atoms with Crippen LogP contribution in [-0.4, -0.2) is 61.2 Å². The number of halogens is 3. The van der Waals surface area contributed by atoms with E-state index in [4.69, 9.17) is 0 Å². The maximum Gasteiger partial charge on any atom is 0.405 e. The second-order valence-corrected chi connectivity index (χ2v) is 11.2. The van der Waals surface area contributed by atoms with Crippen molar-refractivity contribution < 1.29 is 18.0 Å². The molecule has 8 heteroatoms. The van der Waals surface area contributed by atoms with Crippen molar-refractivity contribution in [2.75, 3.05) is 44.2 Å². The zero-order valence-electron chi connectivity index (χ0n) is 23.5. The first kappa shape index (κ1) is 28.1. The van der Waals surface area contributed by atoms with E-state index in [1.54, 1.807) is 0 Å². The van der Waals surface area contributed by atoms with E-state index in [0.717, 1.165) is 73.5 Å². The minimum Gasteiger partial charge on any atom is -0.369 e. The number of unbranched alkanes of at least 4 members (excludes halogenated alkanes) is 1. The zero-order chi connectivity index (χ0) is 29.2. The van der Waals surface area contributed by atoms with Gasteiger partial charge >= 0.3 is 6.18 Å². The summed E-state index contributed by atoms with van der Waals surface area (Å²) in [6.45, 7) is 3.32. The van der Waals surface area contributed by atoms with E-state index in [0.29, 0.717) is 6.42 Å². The monoisotopic (exact) mass is 572 g/mol. The highest BCUT2D eigenvalue weighted by Gasteiger charge is 2.49. The molecule has 1 aliphatic heterocycles. The van der Waals surface area contributed by atoms with E-state index >= 15 is 0 Å². The average molecular weight is 573 g/mol. The number of piperazine rings is 1. The summed E-state index contributed by atoms with van der Waals surface area (Å²) in [5, 5.41) is 2.23. The number of carbonyl (C=O) groups excluding carboxylic acids is 1. The van der Waals surface area contributed by atoms with Gasteiger partial charge in [0.25, 0.3) is 0 Å². The van der Waals surface area contributed by atoms with Crippen LogP contribution in [0.2, 0.25) is 0 Å². The van der Waals surface area contributed by atoms with Gasteiger partial charge in [-0.15, -0.1) is 0 Å². The molecular weight excluding hydrogens is 537 g/mol. The minimum absolute atomic E-state index is 0.456. The number of rotatable bonds is 9. The number of anilines is 1. The van der Waals surface area contributed by atoms with Crippen molar-refractivity contribution in [1.82, 2.24) is 15.2 Å². The minimum atomic E-state index is -4.47. The molecule has 1 aromatic heterocycles. The first-order valence-electron chi connectivity index (χ1n) is 14.6. The number of nitrogens with zero attached hydrogens (tertiary/aromatic N) is 2. The quantitative estimate of drug-likeness (QED) is 0.222. The van der Waals surface area contributed by atoms with Gasteiger partial charge in [0.05, 0.1) is 0 Å². The second kappa shape index (κ2) is 11.7. The van der Waals surface area contributed by atoms with Crippen LogP contribution < -0.4 is 10.2 Å². The molecule has 0 unspecified atom stereocenters. The first-order valence-corrected chi connectivity index (χ1v) is 14.6. The number of aromatic nitrogens is 1. The topological polar surface area (TPSA) is 51.4 Å². The molecule has 1 aliphatic carbocycles. The molecular formula is C34H35F3N4O. The van der Waals surface area contributed by atoms with Crippen LogP contribution in [0, 0.1) is 0 Å². The van der Waals surface area contributed by atoms with Crippen LogP contribution in [-0.2, 0) is 10.2 Å². The SMILES string of the molecule is O=C(NCC(F)(F)F)C1(CCCCN2CCN(c3ccc(-c4ccc[nH]4)cc3)CC2)c2ccccc2-c2ccccc21. The zero-order valence-corrected chi connectivity index (χ0v) is 23.5. The van der Waals surface area contributed by atoms with Gasteiger partial charge in [-0.05, 0) is 71.5 Å². The van der Waals surface area contributed by atoms with Crippen molar-refractivity contribution in [3.8, 4) is 22.4 Å². The van der Waals surface area contributed by atoms with Gasteiger partial charge in [-0.3, -0.25) is 9.69 Å². The fourth-order valence-electron chi connectivity index (χ4n) is 6.60. The molecule has 0 spiro atoms. The smallest absolute Gasteiger partial charge is 0.369 e. The molecule has 2 N–H and O–H groups in total. The maximum atomic E-state index is 13.7. The molecule has 1 amide bonds. The molecule has 5 nitrogen and oxygen atoms in total. The van der Waals surface area contributed by atoms with E-state index in [2.05, 4.69) is 50.4 Å². The van der Waals surface area contributed by atoms with Crippen molar-refractivity contribution in [2.24, 2.45) is 0 Å². The second-order valence-electron chi connectivity index (χ2n) is 11.2. The highest BCUT2D eigenvalue weighted by molar-refractivity contribution is 6.00. The van der Waals surface area contributed by atoms with Crippen LogP contribution in [0.5, 0.6) is 0 Å². The highest BCUT2D eigenvalue weighted by atomic mass is 19.4. The molecule has 6 rings (SSSR count). The Hall–Kier alpha value is -4.04. The number of amides is 1. The third-order valence-corrected chi connectivity index (χ3v) is 8.69. The molecule has 2 heterocycles. The number of H-pyrrole nitrogens is 1. The van der Waals surface area contributed by atoms with Gasteiger partial charge in [0, 0.05) is 43.8 Å². The molecule has 1 saturated heterocycles. The standard InChI is InChI=1S/C34H35F3N4O/c35-34(36,37)24-39-32(42)33(29-10-3-1-8-27(29)28-9-2-4-11-30(28)33)17-5-6-19-40-20-22-41(23-21-40)26-15-13-25(14-16-26)31-12-7-18-38-31/h1-4,7-16,18,38H,5-6,17,19-24H2,(H,39,42). The number of hydrogen-bond acceptors (Lipinski definition) is 3. The molecule has 0 radical (unpaired) electrons. The van der Waals surface area contributed by atoms with Crippen LogP contribution in [0.1, 0.15) is 30.4 Å². The summed E-state index contributed by atoms with van der Waals surface area (Å²) >= 11 is 0. The predicted molar refractivity (Wildman–Crippen MR) is 160 cm³/mol. The van der Waals surface area contributed by atoms with Gasteiger partial charge < -0.3 is 15.2 Å². The van der Waals surface area contributed by atoms with Crippen LogP contribution in [0.25, 0.3) is 22.4 Å². The van der Waals surface area contributed by atoms with E-state index in [1.165, 1.54) is 11.3 Å². The summed E-state index contributed by atoms with van der Waals surface area (Å²) in [7, 11) is 0. The molecule has 1 fully saturated rings. The van der Waals surface area contributed by atoms with Gasteiger partial charge in [-0.25, -0.2) is 0 Å². The Balaban J connectivity index is 1.09. The third kappa shape index (κ3) is 5.55. The maximum absolute atomic E-state index is 13.7. The lowest BCUT2D eigenvalue weighted by atomic mass is 9.73. The predicted octanol–water partition coefficient (Wildman–Crippen LogP) is 6.62. The van der Waals surface area contributed by atoms with Crippen molar-refractivity contribution in [3.63, 3.8) is 0 Å². The molecule has 0 bridgehead atoms. The summed E-state index contributed by atoms with van der Waals surface area (Å²) in [6, 6.07) is 28.0. The summed E-state index contributed by atoms with van der Waals surface area (Å²) in [5.41, 5.74) is 5.79. The largest absolute Gasteiger partial charge is 0.405 e. The lowest BCUT2D eigenvalue weighted by Crippen LogP contribution is -2.47. The number of carbonyl (C=O) groups is 1. The number of hydrogen-bond donors (Lipinski definition) is 2. The van der Waals surface area contributed by atoms with Gasteiger partial charge in [-0.2, -0.15) is 13.2 Å². The lowest BCUT2D eigenvalue weighted by Gasteiger charge is -2.36. The summed E-state index contributed by atoms with van der Waals surface area (Å²) in [4.78, 5) is 21.8.